The number of rotatable bonds is 2. The molecule has 0 spiro atoms. The molecule has 0 aliphatic rings. The van der Waals surface area contributed by atoms with Gasteiger partial charge in [-0.25, -0.2) is 0 Å². The van der Waals surface area contributed by atoms with Crippen molar-refractivity contribution in [3.63, 3.8) is 0 Å². The van der Waals surface area contributed by atoms with Crippen LogP contribution in [0.15, 0.2) is 34.8 Å². The van der Waals surface area contributed by atoms with Crippen LogP contribution in [0.2, 0.25) is 0 Å². The van der Waals surface area contributed by atoms with E-state index in [2.05, 4.69) is 26.3 Å². The molecule has 0 radical (unpaired) electrons. The SMILES string of the molecule is Cc1cc(C(=O)Nc2cccc(Br)c2)nn1C. The lowest BCUT2D eigenvalue weighted by Crippen LogP contribution is -2.12. The van der Waals surface area contributed by atoms with Crippen molar-refractivity contribution < 1.29 is 4.79 Å². The molecule has 1 N–H and O–H groups in total. The molecule has 0 atom stereocenters. The number of amides is 1. The molecule has 2 aromatic rings. The third kappa shape index (κ3) is 2.74. The van der Waals surface area contributed by atoms with E-state index in [1.54, 1.807) is 10.7 Å². The number of nitrogens with zero attached hydrogens (tertiary/aromatic N) is 2. The normalized spacial score (nSPS) is 10.3. The highest BCUT2D eigenvalue weighted by Crippen LogP contribution is 2.16. The molecule has 0 fully saturated rings. The van der Waals surface area contributed by atoms with Gasteiger partial charge in [0.1, 0.15) is 0 Å². The van der Waals surface area contributed by atoms with Crippen LogP contribution in [0.3, 0.4) is 0 Å². The molecular weight excluding hydrogens is 282 g/mol. The van der Waals surface area contributed by atoms with Gasteiger partial charge in [-0.05, 0) is 31.2 Å². The Kier molecular flexibility index (Phi) is 3.28. The number of nitrogens with one attached hydrogen (secondary N) is 1. The van der Waals surface area contributed by atoms with Crippen LogP contribution in [-0.2, 0) is 7.05 Å². The van der Waals surface area contributed by atoms with Crippen LogP contribution >= 0.6 is 15.9 Å². The lowest BCUT2D eigenvalue weighted by atomic mass is 10.3. The van der Waals surface area contributed by atoms with Gasteiger partial charge in [0.15, 0.2) is 5.69 Å². The average Bonchev–Trinajstić information content (AvgIpc) is 2.59. The Bertz CT molecular complexity index is 543. The molecule has 17 heavy (non-hydrogen) atoms. The molecule has 0 saturated heterocycles. The minimum atomic E-state index is -0.202. The number of halogens is 1. The highest BCUT2D eigenvalue weighted by Gasteiger charge is 2.10. The molecule has 4 nitrogen and oxygen atoms in total. The second-order valence-electron chi connectivity index (χ2n) is 3.76. The van der Waals surface area contributed by atoms with Crippen LogP contribution < -0.4 is 5.32 Å². The number of hydrogen-bond donors (Lipinski definition) is 1. The van der Waals surface area contributed by atoms with Gasteiger partial charge in [0.2, 0.25) is 0 Å². The van der Waals surface area contributed by atoms with E-state index in [-0.39, 0.29) is 5.91 Å². The predicted molar refractivity (Wildman–Crippen MR) is 70.0 cm³/mol. The predicted octanol–water partition coefficient (Wildman–Crippen LogP) is 2.74. The van der Waals surface area contributed by atoms with Crippen LogP contribution in [0, 0.1) is 6.92 Å². The van der Waals surface area contributed by atoms with Crippen molar-refractivity contribution in [2.24, 2.45) is 7.05 Å². The first-order chi connectivity index (χ1) is 8.06. The second kappa shape index (κ2) is 4.71. The van der Waals surface area contributed by atoms with Gasteiger partial charge < -0.3 is 5.32 Å². The highest BCUT2D eigenvalue weighted by atomic mass is 79.9. The summed E-state index contributed by atoms with van der Waals surface area (Å²) in [7, 11) is 1.81. The van der Waals surface area contributed by atoms with E-state index in [0.717, 1.165) is 15.9 Å². The summed E-state index contributed by atoms with van der Waals surface area (Å²) in [5, 5.41) is 6.92. The van der Waals surface area contributed by atoms with E-state index in [1.807, 2.05) is 38.2 Å². The van der Waals surface area contributed by atoms with E-state index in [4.69, 9.17) is 0 Å². The molecular formula is C12H12BrN3O. The molecule has 1 aromatic carbocycles. The largest absolute Gasteiger partial charge is 0.321 e. The third-order valence-electron chi connectivity index (χ3n) is 2.43. The maximum absolute atomic E-state index is 11.9. The summed E-state index contributed by atoms with van der Waals surface area (Å²) in [5.74, 6) is -0.202. The molecule has 2 rings (SSSR count). The molecule has 5 heteroatoms. The lowest BCUT2D eigenvalue weighted by molar-refractivity contribution is 0.102. The van der Waals surface area contributed by atoms with Crippen LogP contribution in [0.4, 0.5) is 5.69 Å². The van der Waals surface area contributed by atoms with Gasteiger partial charge in [-0.2, -0.15) is 5.10 Å². The maximum atomic E-state index is 11.9. The fraction of sp³-hybridized carbons (Fsp3) is 0.167. The van der Waals surface area contributed by atoms with Gasteiger partial charge in [-0.1, -0.05) is 22.0 Å². The fourth-order valence-corrected chi connectivity index (χ4v) is 1.83. The zero-order valence-electron chi connectivity index (χ0n) is 9.57. The summed E-state index contributed by atoms with van der Waals surface area (Å²) in [6.45, 7) is 1.91. The first-order valence-electron chi connectivity index (χ1n) is 5.14. The highest BCUT2D eigenvalue weighted by molar-refractivity contribution is 9.10. The Hall–Kier alpha value is -1.62. The lowest BCUT2D eigenvalue weighted by Gasteiger charge is -2.02. The number of carbonyl (C=O) groups is 1. The minimum Gasteiger partial charge on any atom is -0.321 e. The van der Waals surface area contributed by atoms with E-state index < -0.39 is 0 Å². The third-order valence-corrected chi connectivity index (χ3v) is 2.92. The van der Waals surface area contributed by atoms with Crippen molar-refractivity contribution in [1.29, 1.82) is 0 Å². The summed E-state index contributed by atoms with van der Waals surface area (Å²) in [5.41, 5.74) is 2.11. The van der Waals surface area contributed by atoms with Crippen molar-refractivity contribution in [3.05, 3.63) is 46.2 Å². The summed E-state index contributed by atoms with van der Waals surface area (Å²) < 4.78 is 2.60. The van der Waals surface area contributed by atoms with Gasteiger partial charge in [0.05, 0.1) is 0 Å². The van der Waals surface area contributed by atoms with E-state index >= 15 is 0 Å². The summed E-state index contributed by atoms with van der Waals surface area (Å²) >= 11 is 3.35. The Morgan fingerprint density at radius 2 is 2.18 bits per heavy atom. The van der Waals surface area contributed by atoms with Crippen molar-refractivity contribution in [2.75, 3.05) is 5.32 Å². The van der Waals surface area contributed by atoms with Crippen LogP contribution in [0.25, 0.3) is 0 Å². The zero-order chi connectivity index (χ0) is 12.4. The fourth-order valence-electron chi connectivity index (χ4n) is 1.43. The average molecular weight is 294 g/mol. The minimum absolute atomic E-state index is 0.202. The summed E-state index contributed by atoms with van der Waals surface area (Å²) in [6.07, 6.45) is 0. The van der Waals surface area contributed by atoms with E-state index in [9.17, 15) is 4.79 Å². The molecule has 1 heterocycles. The zero-order valence-corrected chi connectivity index (χ0v) is 11.2. The standard InChI is InChI=1S/C12H12BrN3O/c1-8-6-11(15-16(8)2)12(17)14-10-5-3-4-9(13)7-10/h3-7H,1-2H3,(H,14,17). The smallest absolute Gasteiger partial charge is 0.276 e. The second-order valence-corrected chi connectivity index (χ2v) is 4.67. The molecule has 0 bridgehead atoms. The Labute approximate surface area is 108 Å². The molecule has 0 saturated carbocycles. The summed E-state index contributed by atoms with van der Waals surface area (Å²) in [4.78, 5) is 11.9. The molecule has 0 aliphatic heterocycles. The Morgan fingerprint density at radius 1 is 1.41 bits per heavy atom. The number of hydrogen-bond acceptors (Lipinski definition) is 2. The van der Waals surface area contributed by atoms with Gasteiger partial charge in [0, 0.05) is 22.9 Å². The van der Waals surface area contributed by atoms with Crippen molar-refractivity contribution in [1.82, 2.24) is 9.78 Å². The van der Waals surface area contributed by atoms with Crippen LogP contribution in [-0.4, -0.2) is 15.7 Å². The van der Waals surface area contributed by atoms with E-state index in [1.165, 1.54) is 0 Å². The number of carbonyl (C=O) groups excluding carboxylic acids is 1. The van der Waals surface area contributed by atoms with Gasteiger partial charge in [-0.3, -0.25) is 9.48 Å². The first-order valence-corrected chi connectivity index (χ1v) is 5.93. The van der Waals surface area contributed by atoms with Crippen LogP contribution in [0.5, 0.6) is 0 Å². The maximum Gasteiger partial charge on any atom is 0.276 e. The summed E-state index contributed by atoms with van der Waals surface area (Å²) in [6, 6.07) is 9.20. The number of anilines is 1. The van der Waals surface area contributed by atoms with Crippen molar-refractivity contribution in [2.45, 2.75) is 6.92 Å². The molecule has 0 unspecified atom stereocenters. The molecule has 1 amide bonds. The first kappa shape index (κ1) is 11.9. The van der Waals surface area contributed by atoms with Crippen molar-refractivity contribution >= 4 is 27.5 Å². The van der Waals surface area contributed by atoms with Crippen molar-refractivity contribution in [3.8, 4) is 0 Å². The number of benzene rings is 1. The number of aromatic nitrogens is 2. The molecule has 0 aliphatic carbocycles. The Balaban J connectivity index is 2.17. The van der Waals surface area contributed by atoms with E-state index in [0.29, 0.717) is 5.69 Å². The van der Waals surface area contributed by atoms with Gasteiger partial charge >= 0.3 is 0 Å². The molecule has 88 valence electrons. The quantitative estimate of drug-likeness (QED) is 0.925. The number of aryl methyl sites for hydroxylation is 2. The monoisotopic (exact) mass is 293 g/mol. The topological polar surface area (TPSA) is 46.9 Å². The van der Waals surface area contributed by atoms with Crippen LogP contribution in [0.1, 0.15) is 16.2 Å². The van der Waals surface area contributed by atoms with Gasteiger partial charge in [-0.15, -0.1) is 0 Å². The molecule has 1 aromatic heterocycles. The van der Waals surface area contributed by atoms with Gasteiger partial charge in [0.25, 0.3) is 5.91 Å². The Morgan fingerprint density at radius 3 is 2.76 bits per heavy atom.